The van der Waals surface area contributed by atoms with Gasteiger partial charge in [-0.1, -0.05) is 83.6 Å². The molecule has 1 aliphatic heterocycles. The standard InChI is InChI=1S/C35H28ClIN2O5S/c1-4-43-34(41)30-20(2)38-35-39(31(30)25-14-7-8-15-26(25)36)33(40)29(45-35)18-21-16-27(37)32(28(17-21)42-3)44-19-23-12-9-11-22-10-5-6-13-24(22)23/h5-18,31H,4,19H2,1-3H3/b29-18-. The maximum Gasteiger partial charge on any atom is 0.338 e. The maximum atomic E-state index is 14.0. The summed E-state index contributed by atoms with van der Waals surface area (Å²) >= 11 is 10.1. The Labute approximate surface area is 282 Å². The maximum absolute atomic E-state index is 14.0. The molecule has 6 rings (SSSR count). The number of esters is 1. The normalized spacial score (nSPS) is 14.7. The molecule has 5 aromatic rings. The second kappa shape index (κ2) is 13.2. The van der Waals surface area contributed by atoms with Crippen molar-refractivity contribution in [3.05, 3.63) is 135 Å². The van der Waals surface area contributed by atoms with Crippen LogP contribution in [0.1, 0.15) is 36.6 Å². The molecule has 4 aromatic carbocycles. The van der Waals surface area contributed by atoms with Crippen molar-refractivity contribution in [3.8, 4) is 11.5 Å². The molecule has 1 aromatic heterocycles. The first-order chi connectivity index (χ1) is 21.8. The molecule has 10 heteroatoms. The van der Waals surface area contributed by atoms with Gasteiger partial charge in [0, 0.05) is 5.02 Å². The quantitative estimate of drug-likeness (QED) is 0.129. The number of rotatable bonds is 8. The number of benzene rings is 4. The first-order valence-corrected chi connectivity index (χ1v) is 16.5. The number of allylic oxidation sites excluding steroid dienone is 1. The number of methoxy groups -OCH3 is 1. The van der Waals surface area contributed by atoms with E-state index in [1.807, 2.05) is 42.5 Å². The molecule has 0 bridgehead atoms. The number of hydrogen-bond acceptors (Lipinski definition) is 7. The number of aromatic nitrogens is 1. The summed E-state index contributed by atoms with van der Waals surface area (Å²) in [6.45, 7) is 4.05. The Morgan fingerprint density at radius 3 is 2.62 bits per heavy atom. The minimum atomic E-state index is -0.782. The molecule has 0 amide bonds. The van der Waals surface area contributed by atoms with E-state index in [-0.39, 0.29) is 17.7 Å². The van der Waals surface area contributed by atoms with Crippen LogP contribution in [0.4, 0.5) is 0 Å². The van der Waals surface area contributed by atoms with Gasteiger partial charge in [0.2, 0.25) is 0 Å². The summed E-state index contributed by atoms with van der Waals surface area (Å²) in [4.78, 5) is 32.3. The molecule has 0 radical (unpaired) electrons. The van der Waals surface area contributed by atoms with E-state index in [4.69, 9.17) is 25.8 Å². The Morgan fingerprint density at radius 1 is 1.09 bits per heavy atom. The fraction of sp³-hybridized carbons (Fsp3) is 0.171. The van der Waals surface area contributed by atoms with Gasteiger partial charge < -0.3 is 14.2 Å². The van der Waals surface area contributed by atoms with Crippen molar-refractivity contribution in [2.45, 2.75) is 26.5 Å². The van der Waals surface area contributed by atoms with E-state index in [1.165, 1.54) is 15.9 Å². The van der Waals surface area contributed by atoms with Gasteiger partial charge in [-0.25, -0.2) is 9.79 Å². The first kappa shape index (κ1) is 31.1. The van der Waals surface area contributed by atoms with Gasteiger partial charge in [-0.3, -0.25) is 9.36 Å². The molecule has 0 saturated carbocycles. The smallest absolute Gasteiger partial charge is 0.338 e. The molecular weight excluding hydrogens is 723 g/mol. The van der Waals surface area contributed by atoms with Crippen molar-refractivity contribution in [2.24, 2.45) is 4.99 Å². The Balaban J connectivity index is 1.40. The van der Waals surface area contributed by atoms with Gasteiger partial charge in [0.05, 0.1) is 33.1 Å². The summed E-state index contributed by atoms with van der Waals surface area (Å²) < 4.78 is 20.2. The third-order valence-electron chi connectivity index (χ3n) is 7.52. The monoisotopic (exact) mass is 750 g/mol. The zero-order valence-electron chi connectivity index (χ0n) is 24.7. The lowest BCUT2D eigenvalue weighted by molar-refractivity contribution is -0.139. The number of thiazole rings is 1. The van der Waals surface area contributed by atoms with Crippen LogP contribution in [0.5, 0.6) is 11.5 Å². The SMILES string of the molecule is CCOC(=O)C1=C(C)N=c2s/c(=C\c3cc(I)c(OCc4cccc5ccccc45)c(OC)c3)c(=O)n2C1c1ccccc1Cl. The zero-order valence-corrected chi connectivity index (χ0v) is 28.4. The summed E-state index contributed by atoms with van der Waals surface area (Å²) in [6, 6.07) is 24.6. The van der Waals surface area contributed by atoms with Crippen LogP contribution in [-0.2, 0) is 16.1 Å². The van der Waals surface area contributed by atoms with Crippen molar-refractivity contribution in [1.82, 2.24) is 4.57 Å². The van der Waals surface area contributed by atoms with Crippen molar-refractivity contribution in [1.29, 1.82) is 0 Å². The third kappa shape index (κ3) is 6.04. The topological polar surface area (TPSA) is 79.1 Å². The Hall–Kier alpha value is -3.93. The largest absolute Gasteiger partial charge is 0.493 e. The van der Waals surface area contributed by atoms with Gasteiger partial charge in [0.15, 0.2) is 16.3 Å². The molecule has 0 fully saturated rings. The zero-order chi connectivity index (χ0) is 31.7. The highest BCUT2D eigenvalue weighted by Crippen LogP contribution is 2.36. The van der Waals surface area contributed by atoms with E-state index in [0.29, 0.717) is 43.7 Å². The van der Waals surface area contributed by atoms with Crippen LogP contribution in [-0.4, -0.2) is 24.3 Å². The van der Waals surface area contributed by atoms with Crippen LogP contribution in [0.2, 0.25) is 5.02 Å². The highest BCUT2D eigenvalue weighted by Gasteiger charge is 2.34. The number of nitrogens with zero attached hydrogens (tertiary/aromatic N) is 2. The van der Waals surface area contributed by atoms with E-state index in [1.54, 1.807) is 39.2 Å². The van der Waals surface area contributed by atoms with E-state index in [0.717, 1.165) is 25.5 Å². The number of fused-ring (bicyclic) bond motifs is 2. The Bertz CT molecular complexity index is 2170. The molecule has 0 N–H and O–H groups in total. The van der Waals surface area contributed by atoms with Crippen molar-refractivity contribution in [2.75, 3.05) is 13.7 Å². The minimum absolute atomic E-state index is 0.192. The van der Waals surface area contributed by atoms with Crippen molar-refractivity contribution < 1.29 is 19.0 Å². The highest BCUT2D eigenvalue weighted by atomic mass is 127. The molecule has 2 heterocycles. The lowest BCUT2D eigenvalue weighted by atomic mass is 9.96. The predicted molar refractivity (Wildman–Crippen MR) is 186 cm³/mol. The summed E-state index contributed by atoms with van der Waals surface area (Å²) in [5.41, 5.74) is 2.93. The van der Waals surface area contributed by atoms with E-state index in [2.05, 4.69) is 51.8 Å². The van der Waals surface area contributed by atoms with Gasteiger partial charge in [0.1, 0.15) is 12.6 Å². The van der Waals surface area contributed by atoms with Crippen LogP contribution in [0.25, 0.3) is 16.8 Å². The third-order valence-corrected chi connectivity index (χ3v) is 9.65. The second-order valence-corrected chi connectivity index (χ2v) is 12.9. The van der Waals surface area contributed by atoms with Crippen LogP contribution < -0.4 is 24.4 Å². The molecule has 0 spiro atoms. The number of hydrogen-bond donors (Lipinski definition) is 0. The Morgan fingerprint density at radius 2 is 1.84 bits per heavy atom. The molecule has 1 aliphatic rings. The number of carbonyl (C=O) groups excluding carboxylic acids is 1. The Kier molecular flexibility index (Phi) is 9.11. The van der Waals surface area contributed by atoms with Crippen molar-refractivity contribution in [3.63, 3.8) is 0 Å². The van der Waals surface area contributed by atoms with E-state index < -0.39 is 12.0 Å². The fourth-order valence-electron chi connectivity index (χ4n) is 5.47. The summed E-state index contributed by atoms with van der Waals surface area (Å²) in [5.74, 6) is 0.643. The first-order valence-electron chi connectivity index (χ1n) is 14.2. The van der Waals surface area contributed by atoms with Crippen LogP contribution in [0.15, 0.2) is 99.9 Å². The van der Waals surface area contributed by atoms with Gasteiger partial charge in [-0.15, -0.1) is 0 Å². The number of halogens is 2. The lowest BCUT2D eigenvalue weighted by Crippen LogP contribution is -2.40. The molecule has 1 atom stereocenters. The van der Waals surface area contributed by atoms with Gasteiger partial charge in [-0.05, 0) is 88.2 Å². The molecule has 1 unspecified atom stereocenters. The molecule has 0 saturated heterocycles. The molecular formula is C35H28ClIN2O5S. The van der Waals surface area contributed by atoms with Crippen LogP contribution in [0, 0.1) is 3.57 Å². The summed E-state index contributed by atoms with van der Waals surface area (Å²) in [6.07, 6.45) is 1.80. The average molecular weight is 751 g/mol. The van der Waals surface area contributed by atoms with E-state index in [9.17, 15) is 9.59 Å². The molecule has 45 heavy (non-hydrogen) atoms. The predicted octanol–water partition coefficient (Wildman–Crippen LogP) is 6.80. The lowest BCUT2D eigenvalue weighted by Gasteiger charge is -2.25. The van der Waals surface area contributed by atoms with Crippen LogP contribution >= 0.6 is 45.5 Å². The van der Waals surface area contributed by atoms with Gasteiger partial charge >= 0.3 is 5.97 Å². The van der Waals surface area contributed by atoms with Gasteiger partial charge in [-0.2, -0.15) is 0 Å². The van der Waals surface area contributed by atoms with Crippen molar-refractivity contribution >= 4 is 68.3 Å². The molecule has 0 aliphatic carbocycles. The van der Waals surface area contributed by atoms with E-state index >= 15 is 0 Å². The second-order valence-electron chi connectivity index (χ2n) is 10.3. The average Bonchev–Trinajstić information content (AvgIpc) is 3.33. The molecule has 228 valence electrons. The summed E-state index contributed by atoms with van der Waals surface area (Å²) in [7, 11) is 1.59. The molecule has 7 nitrogen and oxygen atoms in total. The minimum Gasteiger partial charge on any atom is -0.493 e. The highest BCUT2D eigenvalue weighted by molar-refractivity contribution is 14.1. The fourth-order valence-corrected chi connectivity index (χ4v) is 7.53. The van der Waals surface area contributed by atoms with Crippen LogP contribution in [0.3, 0.4) is 0 Å². The number of ether oxygens (including phenoxy) is 3. The number of carbonyl (C=O) groups is 1. The van der Waals surface area contributed by atoms with Gasteiger partial charge in [0.25, 0.3) is 5.56 Å². The summed E-state index contributed by atoms with van der Waals surface area (Å²) in [5, 5.41) is 2.72.